The highest BCUT2D eigenvalue weighted by molar-refractivity contribution is 6.31. The van der Waals surface area contributed by atoms with Gasteiger partial charge in [-0.15, -0.1) is 0 Å². The minimum atomic E-state index is -0.346. The summed E-state index contributed by atoms with van der Waals surface area (Å²) in [4.78, 5) is 0. The van der Waals surface area contributed by atoms with Crippen molar-refractivity contribution in [3.63, 3.8) is 0 Å². The van der Waals surface area contributed by atoms with E-state index in [-0.39, 0.29) is 12.4 Å². The number of hydrogen-bond acceptors (Lipinski definition) is 2. The lowest BCUT2D eigenvalue weighted by Gasteiger charge is -2.15. The number of halogens is 2. The number of para-hydroxylation sites is 1. The highest BCUT2D eigenvalue weighted by Crippen LogP contribution is 2.26. The zero-order valence-electron chi connectivity index (χ0n) is 11.5. The van der Waals surface area contributed by atoms with Crippen molar-refractivity contribution in [3.8, 4) is 5.75 Å². The average Bonchev–Trinajstić information content (AvgIpc) is 2.41. The van der Waals surface area contributed by atoms with E-state index < -0.39 is 0 Å². The summed E-state index contributed by atoms with van der Waals surface area (Å²) < 4.78 is 19.5. The van der Waals surface area contributed by atoms with Gasteiger partial charge in [0.15, 0.2) is 0 Å². The lowest BCUT2D eigenvalue weighted by molar-refractivity contribution is 0.294. The summed E-state index contributed by atoms with van der Waals surface area (Å²) in [7, 11) is 1.87. The molecule has 0 heterocycles. The number of rotatable bonds is 5. The van der Waals surface area contributed by atoms with Crippen molar-refractivity contribution < 1.29 is 9.13 Å². The van der Waals surface area contributed by atoms with Crippen molar-refractivity contribution >= 4 is 11.6 Å². The quantitative estimate of drug-likeness (QED) is 0.896. The maximum atomic E-state index is 13.7. The van der Waals surface area contributed by atoms with Crippen LogP contribution in [-0.2, 0) is 13.2 Å². The standard InChI is InChI=1S/C16H17ClFNO/c1-11-5-3-6-12(9-19-2)16(11)20-10-13-14(17)7-4-8-15(13)18/h3-8,19H,9-10H2,1-2H3. The van der Waals surface area contributed by atoms with Gasteiger partial charge in [0.2, 0.25) is 0 Å². The van der Waals surface area contributed by atoms with Crippen LogP contribution in [0.25, 0.3) is 0 Å². The van der Waals surface area contributed by atoms with Crippen LogP contribution in [0.15, 0.2) is 36.4 Å². The Labute approximate surface area is 123 Å². The molecule has 0 aliphatic heterocycles. The highest BCUT2D eigenvalue weighted by Gasteiger charge is 2.11. The molecule has 0 amide bonds. The molecule has 0 aliphatic rings. The van der Waals surface area contributed by atoms with Gasteiger partial charge >= 0.3 is 0 Å². The third-order valence-electron chi connectivity index (χ3n) is 3.08. The second kappa shape index (κ2) is 6.73. The number of hydrogen-bond donors (Lipinski definition) is 1. The zero-order valence-corrected chi connectivity index (χ0v) is 12.3. The zero-order chi connectivity index (χ0) is 14.5. The summed E-state index contributed by atoms with van der Waals surface area (Å²) in [5, 5.41) is 3.48. The van der Waals surface area contributed by atoms with E-state index in [1.807, 2.05) is 32.2 Å². The van der Waals surface area contributed by atoms with E-state index in [0.29, 0.717) is 17.1 Å². The van der Waals surface area contributed by atoms with Crippen molar-refractivity contribution in [1.29, 1.82) is 0 Å². The normalized spacial score (nSPS) is 10.6. The van der Waals surface area contributed by atoms with Crippen LogP contribution in [0.1, 0.15) is 16.7 Å². The molecule has 4 heteroatoms. The molecule has 0 saturated heterocycles. The Morgan fingerprint density at radius 3 is 2.65 bits per heavy atom. The van der Waals surface area contributed by atoms with Crippen molar-refractivity contribution in [2.24, 2.45) is 0 Å². The van der Waals surface area contributed by atoms with E-state index >= 15 is 0 Å². The minimum Gasteiger partial charge on any atom is -0.488 e. The van der Waals surface area contributed by atoms with Crippen LogP contribution in [0, 0.1) is 12.7 Å². The van der Waals surface area contributed by atoms with Gasteiger partial charge in [0.25, 0.3) is 0 Å². The fourth-order valence-corrected chi connectivity index (χ4v) is 2.28. The van der Waals surface area contributed by atoms with E-state index in [4.69, 9.17) is 16.3 Å². The van der Waals surface area contributed by atoms with Crippen LogP contribution in [0.5, 0.6) is 5.75 Å². The number of nitrogens with one attached hydrogen (secondary N) is 1. The molecule has 0 bridgehead atoms. The Morgan fingerprint density at radius 1 is 1.20 bits per heavy atom. The minimum absolute atomic E-state index is 0.118. The van der Waals surface area contributed by atoms with Crippen LogP contribution in [-0.4, -0.2) is 7.05 Å². The van der Waals surface area contributed by atoms with E-state index in [9.17, 15) is 4.39 Å². The predicted octanol–water partition coefficient (Wildman–Crippen LogP) is 4.09. The van der Waals surface area contributed by atoms with E-state index in [1.54, 1.807) is 12.1 Å². The Morgan fingerprint density at radius 2 is 1.95 bits per heavy atom. The molecule has 0 aliphatic carbocycles. The van der Waals surface area contributed by atoms with Crippen molar-refractivity contribution in [1.82, 2.24) is 5.32 Å². The van der Waals surface area contributed by atoms with Gasteiger partial charge in [-0.2, -0.15) is 0 Å². The molecule has 0 atom stereocenters. The molecule has 0 saturated carbocycles. The van der Waals surface area contributed by atoms with Crippen molar-refractivity contribution in [2.75, 3.05) is 7.05 Å². The van der Waals surface area contributed by atoms with Gasteiger partial charge in [0.05, 0.1) is 5.02 Å². The molecule has 1 N–H and O–H groups in total. The van der Waals surface area contributed by atoms with E-state index in [1.165, 1.54) is 6.07 Å². The number of aryl methyl sites for hydroxylation is 1. The number of benzene rings is 2. The Bertz CT molecular complexity index is 581. The Kier molecular flexibility index (Phi) is 4.99. The maximum absolute atomic E-state index is 13.7. The van der Waals surface area contributed by atoms with Gasteiger partial charge in [-0.05, 0) is 31.7 Å². The van der Waals surface area contributed by atoms with E-state index in [2.05, 4.69) is 5.32 Å². The molecule has 2 aromatic rings. The highest BCUT2D eigenvalue weighted by atomic mass is 35.5. The SMILES string of the molecule is CNCc1cccc(C)c1OCc1c(F)cccc1Cl. The summed E-state index contributed by atoms with van der Waals surface area (Å²) in [5.74, 6) is 0.433. The molecular weight excluding hydrogens is 277 g/mol. The first kappa shape index (κ1) is 14.8. The van der Waals surface area contributed by atoms with Crippen molar-refractivity contribution in [3.05, 3.63) is 63.9 Å². The van der Waals surface area contributed by atoms with Gasteiger partial charge in [0.1, 0.15) is 18.2 Å². The fraction of sp³-hybridized carbons (Fsp3) is 0.250. The largest absolute Gasteiger partial charge is 0.488 e. The van der Waals surface area contributed by atoms with Crippen LogP contribution in [0.4, 0.5) is 4.39 Å². The maximum Gasteiger partial charge on any atom is 0.131 e. The second-order valence-corrected chi connectivity index (χ2v) is 4.99. The van der Waals surface area contributed by atoms with Crippen LogP contribution >= 0.6 is 11.6 Å². The molecule has 0 unspecified atom stereocenters. The molecule has 0 fully saturated rings. The number of ether oxygens (including phenoxy) is 1. The molecule has 0 spiro atoms. The molecule has 0 radical (unpaired) electrons. The molecule has 20 heavy (non-hydrogen) atoms. The van der Waals surface area contributed by atoms with Gasteiger partial charge in [-0.3, -0.25) is 0 Å². The average molecular weight is 294 g/mol. The monoisotopic (exact) mass is 293 g/mol. The molecular formula is C16H17ClFNO. The molecule has 0 aromatic heterocycles. The first-order valence-electron chi connectivity index (χ1n) is 6.42. The first-order valence-corrected chi connectivity index (χ1v) is 6.80. The topological polar surface area (TPSA) is 21.3 Å². The summed E-state index contributed by atoms with van der Waals surface area (Å²) in [6.07, 6.45) is 0. The fourth-order valence-electron chi connectivity index (χ4n) is 2.06. The molecule has 2 rings (SSSR count). The van der Waals surface area contributed by atoms with Crippen LogP contribution in [0.2, 0.25) is 5.02 Å². The Balaban J connectivity index is 2.23. The smallest absolute Gasteiger partial charge is 0.131 e. The third-order valence-corrected chi connectivity index (χ3v) is 3.44. The summed E-state index contributed by atoms with van der Waals surface area (Å²) in [6.45, 7) is 2.78. The third kappa shape index (κ3) is 3.30. The van der Waals surface area contributed by atoms with Gasteiger partial charge < -0.3 is 10.1 Å². The van der Waals surface area contributed by atoms with Gasteiger partial charge in [-0.25, -0.2) is 4.39 Å². The molecule has 2 nitrogen and oxygen atoms in total. The first-order chi connectivity index (χ1) is 9.63. The van der Waals surface area contributed by atoms with E-state index in [0.717, 1.165) is 16.9 Å². The van der Waals surface area contributed by atoms with Gasteiger partial charge in [0, 0.05) is 17.7 Å². The summed E-state index contributed by atoms with van der Waals surface area (Å²) in [6, 6.07) is 10.6. The summed E-state index contributed by atoms with van der Waals surface area (Å²) in [5.41, 5.74) is 2.44. The second-order valence-electron chi connectivity index (χ2n) is 4.58. The lowest BCUT2D eigenvalue weighted by Crippen LogP contribution is -2.09. The molecule has 2 aromatic carbocycles. The lowest BCUT2D eigenvalue weighted by atomic mass is 10.1. The van der Waals surface area contributed by atoms with Crippen molar-refractivity contribution in [2.45, 2.75) is 20.1 Å². The molecule has 106 valence electrons. The van der Waals surface area contributed by atoms with Gasteiger partial charge in [-0.1, -0.05) is 35.9 Å². The van der Waals surface area contributed by atoms with Crippen LogP contribution < -0.4 is 10.1 Å². The predicted molar refractivity (Wildman–Crippen MR) is 79.7 cm³/mol. The Hall–Kier alpha value is -1.58. The summed E-state index contributed by atoms with van der Waals surface area (Å²) >= 11 is 6.00. The van der Waals surface area contributed by atoms with Crippen LogP contribution in [0.3, 0.4) is 0 Å².